The van der Waals surface area contributed by atoms with E-state index in [1.807, 2.05) is 7.05 Å². The van der Waals surface area contributed by atoms with E-state index >= 15 is 8.78 Å². The largest absolute Gasteiger partial charge is 0.357 e. The normalized spacial score (nSPS) is 17.8. The molecule has 4 aromatic rings. The number of aromatic nitrogens is 3. The SMILES string of the molecule is C#Cc1c(F)ccc2cc(C(C)(C)C#N)cc(-c3ncc4c(N(C)C[C@@H]5CCCCN5)nc(N5CCN(C)CC5)nc4c3F)c12. The lowest BCUT2D eigenvalue weighted by Gasteiger charge is -2.33. The molecular weight excluding hydrogens is 570 g/mol. The highest BCUT2D eigenvalue weighted by molar-refractivity contribution is 6.03. The average Bonchev–Trinajstić information content (AvgIpc) is 3.05. The van der Waals surface area contributed by atoms with E-state index in [1.165, 1.54) is 6.07 Å². The van der Waals surface area contributed by atoms with Gasteiger partial charge in [0.15, 0.2) is 5.82 Å². The molecule has 232 valence electrons. The zero-order valence-electron chi connectivity index (χ0n) is 26.3. The summed E-state index contributed by atoms with van der Waals surface area (Å²) in [5, 5.41) is 15.0. The van der Waals surface area contributed by atoms with Crippen LogP contribution in [0, 0.1) is 35.3 Å². The van der Waals surface area contributed by atoms with Gasteiger partial charge < -0.3 is 20.0 Å². The minimum Gasteiger partial charge on any atom is -0.357 e. The Morgan fingerprint density at radius 1 is 1.13 bits per heavy atom. The van der Waals surface area contributed by atoms with Crippen LogP contribution in [0.1, 0.15) is 44.2 Å². The van der Waals surface area contributed by atoms with Crippen molar-refractivity contribution in [2.45, 2.75) is 44.6 Å². The molecule has 0 aliphatic carbocycles. The smallest absolute Gasteiger partial charge is 0.228 e. The summed E-state index contributed by atoms with van der Waals surface area (Å²) in [7, 11) is 4.05. The predicted molar refractivity (Wildman–Crippen MR) is 175 cm³/mol. The van der Waals surface area contributed by atoms with Crippen LogP contribution < -0.4 is 15.1 Å². The van der Waals surface area contributed by atoms with Gasteiger partial charge in [0.05, 0.1) is 22.4 Å². The lowest BCUT2D eigenvalue weighted by atomic mass is 9.82. The number of nitriles is 1. The molecule has 0 unspecified atom stereocenters. The van der Waals surface area contributed by atoms with Crippen molar-refractivity contribution in [1.29, 1.82) is 5.26 Å². The van der Waals surface area contributed by atoms with E-state index in [0.717, 1.165) is 52.0 Å². The van der Waals surface area contributed by atoms with E-state index in [-0.39, 0.29) is 16.8 Å². The summed E-state index contributed by atoms with van der Waals surface area (Å²) in [6, 6.07) is 9.03. The van der Waals surface area contributed by atoms with E-state index in [2.05, 4.69) is 44.0 Å². The van der Waals surface area contributed by atoms with Crippen LogP contribution in [-0.4, -0.2) is 79.3 Å². The van der Waals surface area contributed by atoms with E-state index in [0.29, 0.717) is 51.6 Å². The average molecular weight is 609 g/mol. The Hall–Kier alpha value is -4.38. The number of hydrogen-bond acceptors (Lipinski definition) is 8. The fourth-order valence-electron chi connectivity index (χ4n) is 6.35. The van der Waals surface area contributed by atoms with E-state index in [1.54, 1.807) is 38.2 Å². The number of nitrogens with one attached hydrogen (secondary N) is 1. The lowest BCUT2D eigenvalue weighted by Crippen LogP contribution is -2.45. The maximum atomic E-state index is 17.0. The minimum atomic E-state index is -0.902. The Morgan fingerprint density at radius 3 is 2.60 bits per heavy atom. The second-order valence-electron chi connectivity index (χ2n) is 12.8. The molecule has 0 amide bonds. The zero-order valence-corrected chi connectivity index (χ0v) is 26.3. The maximum Gasteiger partial charge on any atom is 0.228 e. The first kappa shape index (κ1) is 30.6. The van der Waals surface area contributed by atoms with Gasteiger partial charge in [0, 0.05) is 63.0 Å². The first-order valence-electron chi connectivity index (χ1n) is 15.5. The second-order valence-corrected chi connectivity index (χ2v) is 12.8. The van der Waals surface area contributed by atoms with E-state index < -0.39 is 17.0 Å². The Kier molecular flexibility index (Phi) is 8.30. The van der Waals surface area contributed by atoms with Crippen LogP contribution in [0.4, 0.5) is 20.5 Å². The summed E-state index contributed by atoms with van der Waals surface area (Å²) in [6.45, 7) is 8.38. The maximum absolute atomic E-state index is 17.0. The zero-order chi connectivity index (χ0) is 31.9. The van der Waals surface area contributed by atoms with Gasteiger partial charge in [-0.25, -0.2) is 13.8 Å². The molecule has 10 heteroatoms. The molecule has 2 fully saturated rings. The number of piperazine rings is 1. The molecule has 8 nitrogen and oxygen atoms in total. The predicted octanol–water partition coefficient (Wildman–Crippen LogP) is 5.24. The fourth-order valence-corrected chi connectivity index (χ4v) is 6.35. The number of pyridine rings is 1. The quantitative estimate of drug-likeness (QED) is 0.298. The van der Waals surface area contributed by atoms with Gasteiger partial charge in [-0.05, 0) is 69.4 Å². The number of anilines is 2. The molecule has 2 aliphatic rings. The highest BCUT2D eigenvalue weighted by Crippen LogP contribution is 2.39. The van der Waals surface area contributed by atoms with Gasteiger partial charge in [-0.1, -0.05) is 18.4 Å². The number of benzene rings is 2. The van der Waals surface area contributed by atoms with Crippen molar-refractivity contribution in [1.82, 2.24) is 25.2 Å². The van der Waals surface area contributed by atoms with Gasteiger partial charge in [0.1, 0.15) is 22.8 Å². The molecule has 0 saturated carbocycles. The highest BCUT2D eigenvalue weighted by atomic mass is 19.1. The molecule has 0 radical (unpaired) electrons. The standard InChI is InChI=1S/C35H38F2N8/c1-6-25-28(36)11-10-22-17-23(35(2,3)21-38)18-26(29(22)25)31-30(37)32-27(19-40-31)33(44(5)20-24-9-7-8-12-39-24)42-34(41-32)45-15-13-43(4)14-16-45/h1,10-11,17-19,24,39H,7-9,12-16,20H2,2-5H3/t24-/m0/s1. The van der Waals surface area contributed by atoms with Gasteiger partial charge in [0.2, 0.25) is 5.95 Å². The van der Waals surface area contributed by atoms with Crippen LogP contribution >= 0.6 is 0 Å². The van der Waals surface area contributed by atoms with Crippen LogP contribution in [0.2, 0.25) is 0 Å². The molecule has 45 heavy (non-hydrogen) atoms. The molecule has 2 aliphatic heterocycles. The third-order valence-corrected chi connectivity index (χ3v) is 9.17. The van der Waals surface area contributed by atoms with Crippen molar-refractivity contribution in [3.8, 4) is 29.7 Å². The van der Waals surface area contributed by atoms with Crippen molar-refractivity contribution >= 4 is 33.4 Å². The molecule has 0 spiro atoms. The lowest BCUT2D eigenvalue weighted by molar-refractivity contribution is 0.311. The Morgan fingerprint density at radius 2 is 1.91 bits per heavy atom. The van der Waals surface area contributed by atoms with Gasteiger partial charge in [-0.2, -0.15) is 10.2 Å². The first-order chi connectivity index (χ1) is 21.6. The van der Waals surface area contributed by atoms with Crippen molar-refractivity contribution in [2.24, 2.45) is 0 Å². The molecule has 4 heterocycles. The van der Waals surface area contributed by atoms with Gasteiger partial charge >= 0.3 is 0 Å². The number of halogens is 2. The summed E-state index contributed by atoms with van der Waals surface area (Å²) in [4.78, 5) is 20.8. The molecule has 2 saturated heterocycles. The van der Waals surface area contributed by atoms with E-state index in [4.69, 9.17) is 16.4 Å². The Balaban J connectivity index is 1.58. The van der Waals surface area contributed by atoms with Crippen LogP contribution in [-0.2, 0) is 5.41 Å². The highest BCUT2D eigenvalue weighted by Gasteiger charge is 2.28. The number of terminal acetylenes is 1. The number of likely N-dealkylation sites (N-methyl/N-ethyl adjacent to an activating group) is 2. The summed E-state index contributed by atoms with van der Waals surface area (Å²) in [6.07, 6.45) is 10.8. The van der Waals surface area contributed by atoms with Crippen LogP contribution in [0.3, 0.4) is 0 Å². The minimum absolute atomic E-state index is 0.00392. The summed E-state index contributed by atoms with van der Waals surface area (Å²) in [5.74, 6) is 2.30. The fraction of sp³-hybridized carbons (Fsp3) is 0.429. The Labute approximate surface area is 263 Å². The monoisotopic (exact) mass is 608 g/mol. The number of nitrogens with zero attached hydrogens (tertiary/aromatic N) is 7. The molecule has 0 bridgehead atoms. The van der Waals surface area contributed by atoms with Crippen molar-refractivity contribution in [3.05, 3.63) is 53.2 Å². The number of piperidine rings is 1. The second kappa shape index (κ2) is 12.2. The summed E-state index contributed by atoms with van der Waals surface area (Å²) < 4.78 is 32.1. The molecule has 1 atom stereocenters. The molecule has 2 aromatic heterocycles. The summed E-state index contributed by atoms with van der Waals surface area (Å²) >= 11 is 0. The van der Waals surface area contributed by atoms with Gasteiger partial charge in [-0.15, -0.1) is 6.42 Å². The molecule has 6 rings (SSSR count). The van der Waals surface area contributed by atoms with Crippen LogP contribution in [0.5, 0.6) is 0 Å². The third kappa shape index (κ3) is 5.77. The van der Waals surface area contributed by atoms with Crippen LogP contribution in [0.15, 0.2) is 30.5 Å². The van der Waals surface area contributed by atoms with Crippen LogP contribution in [0.25, 0.3) is 32.9 Å². The number of fused-ring (bicyclic) bond motifs is 2. The molecular formula is C35H38F2N8. The number of rotatable bonds is 6. The third-order valence-electron chi connectivity index (χ3n) is 9.17. The molecule has 2 aromatic carbocycles. The van der Waals surface area contributed by atoms with Gasteiger partial charge in [-0.3, -0.25) is 4.98 Å². The van der Waals surface area contributed by atoms with Crippen molar-refractivity contribution in [3.63, 3.8) is 0 Å². The molecule has 1 N–H and O–H groups in total. The summed E-state index contributed by atoms with van der Waals surface area (Å²) in [5.41, 5.74) is 0.213. The topological polar surface area (TPSA) is 84.2 Å². The van der Waals surface area contributed by atoms with Crippen molar-refractivity contribution in [2.75, 3.05) is 63.2 Å². The van der Waals surface area contributed by atoms with Crippen molar-refractivity contribution < 1.29 is 8.78 Å². The first-order valence-corrected chi connectivity index (χ1v) is 15.5. The van der Waals surface area contributed by atoms with Gasteiger partial charge in [0.25, 0.3) is 0 Å². The number of hydrogen-bond donors (Lipinski definition) is 1. The van der Waals surface area contributed by atoms with E-state index in [9.17, 15) is 5.26 Å². The Bertz CT molecular complexity index is 1840.